The maximum atomic E-state index is 14.4. The highest BCUT2D eigenvalue weighted by Gasteiger charge is 2.40. The summed E-state index contributed by atoms with van der Waals surface area (Å²) < 4.78 is 44.0. The molecule has 18 heteroatoms. The van der Waals surface area contributed by atoms with E-state index in [0.717, 1.165) is 0 Å². The first-order chi connectivity index (χ1) is 22.9. The zero-order chi connectivity index (χ0) is 35.4. The van der Waals surface area contributed by atoms with Gasteiger partial charge in [-0.15, -0.1) is 20.2 Å². The second-order valence-electron chi connectivity index (χ2n) is 10.8. The molecule has 2 rings (SSSR count). The lowest BCUT2D eigenvalue weighted by Gasteiger charge is -2.20. The molecule has 1 unspecified atom stereocenters. The minimum Gasteiger partial charge on any atom is -0.487 e. The topological polar surface area (TPSA) is 219 Å². The molecule has 0 aliphatic heterocycles. The zero-order valence-corrected chi connectivity index (χ0v) is 26.1. The van der Waals surface area contributed by atoms with E-state index in [0.29, 0.717) is 31.1 Å². The van der Waals surface area contributed by atoms with Crippen molar-refractivity contribution in [3.63, 3.8) is 0 Å². The smallest absolute Gasteiger partial charge is 0.305 e. The Morgan fingerprint density at radius 1 is 1.04 bits per heavy atom. The van der Waals surface area contributed by atoms with Gasteiger partial charge >= 0.3 is 5.97 Å². The third-order valence-corrected chi connectivity index (χ3v) is 7.04. The van der Waals surface area contributed by atoms with Crippen molar-refractivity contribution in [2.45, 2.75) is 62.8 Å². The number of amides is 1. The summed E-state index contributed by atoms with van der Waals surface area (Å²) >= 11 is 0. The van der Waals surface area contributed by atoms with Crippen LogP contribution in [-0.2, 0) is 28.7 Å². The van der Waals surface area contributed by atoms with Crippen LogP contribution in [0.2, 0.25) is 0 Å². The Hall–Kier alpha value is -4.42. The number of esters is 1. The number of para-hydroxylation sites is 1. The third kappa shape index (κ3) is 16.9. The van der Waals surface area contributed by atoms with Gasteiger partial charge < -0.3 is 39.4 Å². The fourth-order valence-corrected chi connectivity index (χ4v) is 4.71. The number of alkyl halides is 2. The van der Waals surface area contributed by atoms with Gasteiger partial charge in [0, 0.05) is 25.2 Å². The van der Waals surface area contributed by atoms with Crippen molar-refractivity contribution < 1.29 is 62.6 Å². The molecule has 1 fully saturated rings. The SMILES string of the molecule is O=C(CCOCC(CO[N+](=O)[O-])O[N+](=O)[O-])NCCOC(=O)CCC/C=C\C[C@@H]1[C@@H](/C=C/C(F)(F)COc2ccccc2)[C@H](O)C[C@@H]1O. The predicted octanol–water partition coefficient (Wildman–Crippen LogP) is 2.58. The van der Waals surface area contributed by atoms with Crippen molar-refractivity contribution in [2.24, 2.45) is 11.8 Å². The van der Waals surface area contributed by atoms with Crippen molar-refractivity contribution in [3.05, 3.63) is 74.9 Å². The zero-order valence-electron chi connectivity index (χ0n) is 26.1. The van der Waals surface area contributed by atoms with Gasteiger partial charge in [-0.1, -0.05) is 36.4 Å². The molecule has 1 saturated carbocycles. The van der Waals surface area contributed by atoms with Crippen molar-refractivity contribution in [2.75, 3.05) is 39.6 Å². The van der Waals surface area contributed by atoms with Gasteiger partial charge in [0.15, 0.2) is 12.7 Å². The molecule has 0 aromatic heterocycles. The molecule has 0 spiro atoms. The quantitative estimate of drug-likeness (QED) is 0.0468. The molecule has 1 aromatic carbocycles. The number of carbonyl (C=O) groups is 2. The number of ether oxygens (including phenoxy) is 3. The van der Waals surface area contributed by atoms with E-state index >= 15 is 0 Å². The number of nitrogens with zero attached hydrogens (tertiary/aromatic N) is 2. The monoisotopic (exact) mass is 689 g/mol. The molecule has 1 amide bonds. The Balaban J connectivity index is 1.59. The minimum absolute atomic E-state index is 0.0331. The van der Waals surface area contributed by atoms with Crippen LogP contribution in [0.25, 0.3) is 0 Å². The number of halogens is 2. The summed E-state index contributed by atoms with van der Waals surface area (Å²) in [6.45, 7) is -2.22. The molecule has 0 heterocycles. The lowest BCUT2D eigenvalue weighted by Crippen LogP contribution is -2.31. The minimum atomic E-state index is -3.27. The van der Waals surface area contributed by atoms with E-state index in [2.05, 4.69) is 15.0 Å². The first kappa shape index (κ1) is 39.8. The lowest BCUT2D eigenvalue weighted by atomic mass is 9.89. The number of unbranched alkanes of at least 4 members (excludes halogenated alkanes) is 1. The number of allylic oxidation sites excluding steroid dienone is 2. The fourth-order valence-electron chi connectivity index (χ4n) is 4.71. The molecule has 16 nitrogen and oxygen atoms in total. The normalized spacial score (nSPS) is 20.0. The van der Waals surface area contributed by atoms with E-state index in [1.54, 1.807) is 42.5 Å². The second-order valence-corrected chi connectivity index (χ2v) is 10.8. The van der Waals surface area contributed by atoms with Crippen molar-refractivity contribution >= 4 is 11.9 Å². The highest BCUT2D eigenvalue weighted by Crippen LogP contribution is 2.37. The lowest BCUT2D eigenvalue weighted by molar-refractivity contribution is -0.790. The highest BCUT2D eigenvalue weighted by molar-refractivity contribution is 5.76. The van der Waals surface area contributed by atoms with Crippen LogP contribution in [0.15, 0.2) is 54.6 Å². The Kier molecular flexibility index (Phi) is 17.8. The van der Waals surface area contributed by atoms with Crippen molar-refractivity contribution in [1.82, 2.24) is 5.32 Å². The number of hydrogen-bond acceptors (Lipinski definition) is 13. The van der Waals surface area contributed by atoms with E-state index in [1.165, 1.54) is 6.08 Å². The molecule has 5 atom stereocenters. The number of nitrogens with one attached hydrogen (secondary N) is 1. The van der Waals surface area contributed by atoms with Gasteiger partial charge in [-0.3, -0.25) is 9.59 Å². The van der Waals surface area contributed by atoms with E-state index in [1.807, 2.05) is 0 Å². The summed E-state index contributed by atoms with van der Waals surface area (Å²) in [6, 6.07) is 8.22. The predicted molar refractivity (Wildman–Crippen MR) is 161 cm³/mol. The summed E-state index contributed by atoms with van der Waals surface area (Å²) in [5, 5.41) is 41.6. The van der Waals surface area contributed by atoms with Crippen molar-refractivity contribution in [3.8, 4) is 5.75 Å². The Morgan fingerprint density at radius 2 is 1.79 bits per heavy atom. The van der Waals surface area contributed by atoms with Gasteiger partial charge in [-0.05, 0) is 43.4 Å². The van der Waals surface area contributed by atoms with Crippen LogP contribution < -0.4 is 10.1 Å². The average Bonchev–Trinajstić information content (AvgIpc) is 3.31. The summed E-state index contributed by atoms with van der Waals surface area (Å²) in [6.07, 6.45) is 3.72. The summed E-state index contributed by atoms with van der Waals surface area (Å²) in [4.78, 5) is 52.6. The number of aliphatic hydroxyl groups is 2. The molecule has 1 aliphatic carbocycles. The number of carbonyl (C=O) groups excluding carboxylic acids is 2. The maximum absolute atomic E-state index is 14.4. The highest BCUT2D eigenvalue weighted by atomic mass is 19.3. The number of aliphatic hydroxyl groups excluding tert-OH is 2. The van der Waals surface area contributed by atoms with Gasteiger partial charge in [0.2, 0.25) is 5.91 Å². The van der Waals surface area contributed by atoms with Gasteiger partial charge in [-0.2, -0.15) is 8.78 Å². The van der Waals surface area contributed by atoms with Gasteiger partial charge in [0.05, 0.1) is 32.0 Å². The molecule has 48 heavy (non-hydrogen) atoms. The van der Waals surface area contributed by atoms with Crippen LogP contribution in [-0.4, -0.2) is 96.1 Å². The van der Waals surface area contributed by atoms with Crippen LogP contribution in [0.1, 0.15) is 38.5 Å². The number of benzene rings is 1. The van der Waals surface area contributed by atoms with E-state index in [4.69, 9.17) is 14.2 Å². The van der Waals surface area contributed by atoms with Gasteiger partial charge in [0.1, 0.15) is 19.0 Å². The van der Waals surface area contributed by atoms with Gasteiger partial charge in [-0.25, -0.2) is 0 Å². The summed E-state index contributed by atoms with van der Waals surface area (Å²) in [7, 11) is 0. The van der Waals surface area contributed by atoms with Gasteiger partial charge in [0.25, 0.3) is 16.1 Å². The molecule has 0 bridgehead atoms. The molecular weight excluding hydrogens is 648 g/mol. The Bertz CT molecular complexity index is 1210. The van der Waals surface area contributed by atoms with E-state index < -0.39 is 77.9 Å². The molecule has 268 valence electrons. The van der Waals surface area contributed by atoms with Crippen LogP contribution >= 0.6 is 0 Å². The van der Waals surface area contributed by atoms with Crippen LogP contribution in [0.5, 0.6) is 5.75 Å². The van der Waals surface area contributed by atoms with Crippen LogP contribution in [0, 0.1) is 32.1 Å². The van der Waals surface area contributed by atoms with Crippen LogP contribution in [0.4, 0.5) is 8.78 Å². The summed E-state index contributed by atoms with van der Waals surface area (Å²) in [5.74, 6) is -5.02. The Morgan fingerprint density at radius 3 is 2.50 bits per heavy atom. The molecular formula is C30H41F2N3O13. The maximum Gasteiger partial charge on any atom is 0.305 e. The number of hydrogen-bond donors (Lipinski definition) is 3. The molecule has 0 radical (unpaired) electrons. The first-order valence-corrected chi connectivity index (χ1v) is 15.2. The van der Waals surface area contributed by atoms with Crippen LogP contribution in [0.3, 0.4) is 0 Å². The molecule has 3 N–H and O–H groups in total. The third-order valence-electron chi connectivity index (χ3n) is 7.04. The molecule has 1 aromatic rings. The summed E-state index contributed by atoms with van der Waals surface area (Å²) in [5.41, 5.74) is 0. The largest absolute Gasteiger partial charge is 0.487 e. The van der Waals surface area contributed by atoms with E-state index in [-0.39, 0.29) is 39.0 Å². The fraction of sp³-hybridized carbons (Fsp3) is 0.600. The number of rotatable bonds is 24. The standard InChI is InChI=1S/C30H41F2N3O13/c31-30(32,21-46-22-8-4-3-5-9-22)14-12-25-24(26(36)18-27(25)37)10-6-1-2-7-11-29(39)45-17-15-33-28(38)13-16-44-19-23(48-35(42)43)20-47-34(40)41/h1,3-6,8-9,12,14,23-27,36-37H,2,7,10-11,13,15-21H2,(H,33,38)/b6-1-,14-12+/t23?,24-,25-,26+,27-/m1/s1. The molecule has 1 aliphatic rings. The first-order valence-electron chi connectivity index (χ1n) is 15.2. The van der Waals surface area contributed by atoms with Crippen molar-refractivity contribution in [1.29, 1.82) is 0 Å². The average molecular weight is 690 g/mol. The molecule has 0 saturated heterocycles. The Labute approximate surface area is 274 Å². The van der Waals surface area contributed by atoms with E-state index in [9.17, 15) is 48.8 Å². The second kappa shape index (κ2) is 21.5.